The van der Waals surface area contributed by atoms with E-state index in [1.54, 1.807) is 6.20 Å². The van der Waals surface area contributed by atoms with Crippen molar-refractivity contribution >= 4 is 22.5 Å². The van der Waals surface area contributed by atoms with Crippen LogP contribution >= 0.6 is 0 Å². The summed E-state index contributed by atoms with van der Waals surface area (Å²) in [4.78, 5) is 23.5. The number of hydrogen-bond donors (Lipinski definition) is 0. The molecule has 0 spiro atoms. The van der Waals surface area contributed by atoms with Crippen LogP contribution in [0, 0.1) is 0 Å². The first kappa shape index (κ1) is 15.8. The van der Waals surface area contributed by atoms with E-state index in [0.29, 0.717) is 24.5 Å². The average Bonchev–Trinajstić information content (AvgIpc) is 3.34. The van der Waals surface area contributed by atoms with Crippen LogP contribution in [0.3, 0.4) is 0 Å². The van der Waals surface area contributed by atoms with Crippen molar-refractivity contribution in [3.05, 3.63) is 72.7 Å². The van der Waals surface area contributed by atoms with Crippen LogP contribution in [0.25, 0.3) is 16.6 Å². The Labute approximate surface area is 156 Å². The van der Waals surface area contributed by atoms with Gasteiger partial charge >= 0.3 is 0 Å². The first-order valence-corrected chi connectivity index (χ1v) is 9.01. The average molecular weight is 358 g/mol. The van der Waals surface area contributed by atoms with Gasteiger partial charge in [-0.3, -0.25) is 4.79 Å². The molecule has 0 radical (unpaired) electrons. The Morgan fingerprint density at radius 2 is 1.96 bits per heavy atom. The summed E-state index contributed by atoms with van der Waals surface area (Å²) in [7, 11) is 0. The molecule has 1 amide bonds. The van der Waals surface area contributed by atoms with Crippen molar-refractivity contribution in [1.29, 1.82) is 0 Å². The normalized spacial score (nSPS) is 16.9. The highest BCUT2D eigenvalue weighted by Gasteiger charge is 2.29. The number of fused-ring (bicyclic) bond motifs is 2. The Bertz CT molecular complexity index is 1100. The Morgan fingerprint density at radius 3 is 2.85 bits per heavy atom. The van der Waals surface area contributed by atoms with Crippen molar-refractivity contribution in [1.82, 2.24) is 19.3 Å². The van der Waals surface area contributed by atoms with Crippen molar-refractivity contribution in [2.45, 2.75) is 12.5 Å². The summed E-state index contributed by atoms with van der Waals surface area (Å²) in [5.41, 5.74) is 3.36. The van der Waals surface area contributed by atoms with Crippen LogP contribution in [-0.2, 0) is 0 Å². The largest absolute Gasteiger partial charge is 0.471 e. The maximum atomic E-state index is 12.8. The topological polar surface area (TPSA) is 59.7 Å². The van der Waals surface area contributed by atoms with Crippen molar-refractivity contribution in [3.8, 4) is 5.88 Å². The minimum absolute atomic E-state index is 0.0365. The number of hydrogen-bond acceptors (Lipinski definition) is 4. The lowest BCUT2D eigenvalue weighted by Gasteiger charge is -2.16. The van der Waals surface area contributed by atoms with Gasteiger partial charge in [-0.2, -0.15) is 0 Å². The van der Waals surface area contributed by atoms with Crippen LogP contribution in [0.5, 0.6) is 5.88 Å². The van der Waals surface area contributed by atoms with Crippen LogP contribution in [0.15, 0.2) is 67.1 Å². The standard InChI is InChI=1S/C21H18N4O2/c26-21(15-11-16-5-3-4-9-24(16)13-15)25-10-8-17(14-25)27-20-12-22-18-6-1-2-7-19(18)23-20/h1-7,9,11-13,17H,8,10,14H2. The number of rotatable bonds is 3. The predicted molar refractivity (Wildman–Crippen MR) is 102 cm³/mol. The number of likely N-dealkylation sites (tertiary alicyclic amines) is 1. The minimum Gasteiger partial charge on any atom is -0.471 e. The SMILES string of the molecule is O=C(c1cc2ccccn2c1)N1CCC(Oc2cnc3ccccc3n2)C1. The van der Waals surface area contributed by atoms with Crippen LogP contribution < -0.4 is 4.74 Å². The summed E-state index contributed by atoms with van der Waals surface area (Å²) in [6.07, 6.45) is 6.18. The lowest BCUT2D eigenvalue weighted by atomic mass is 10.3. The fraction of sp³-hybridized carbons (Fsp3) is 0.190. The second kappa shape index (κ2) is 6.39. The second-order valence-electron chi connectivity index (χ2n) is 6.74. The van der Waals surface area contributed by atoms with Crippen LogP contribution in [0.2, 0.25) is 0 Å². The number of benzene rings is 1. The Kier molecular flexibility index (Phi) is 3.74. The van der Waals surface area contributed by atoms with E-state index in [0.717, 1.165) is 23.0 Å². The molecule has 4 heterocycles. The van der Waals surface area contributed by atoms with Crippen LogP contribution in [0.1, 0.15) is 16.8 Å². The molecule has 0 N–H and O–H groups in total. The minimum atomic E-state index is -0.0681. The molecular weight excluding hydrogens is 340 g/mol. The van der Waals surface area contributed by atoms with Gasteiger partial charge in [0.25, 0.3) is 5.91 Å². The summed E-state index contributed by atoms with van der Waals surface area (Å²) in [5.74, 6) is 0.539. The van der Waals surface area contributed by atoms with Crippen molar-refractivity contribution < 1.29 is 9.53 Å². The molecule has 4 aromatic rings. The molecule has 1 aliphatic rings. The second-order valence-corrected chi connectivity index (χ2v) is 6.74. The molecule has 0 bridgehead atoms. The third kappa shape index (κ3) is 2.99. The molecule has 134 valence electrons. The third-order valence-corrected chi connectivity index (χ3v) is 4.90. The molecule has 1 aromatic carbocycles. The van der Waals surface area contributed by atoms with Gasteiger partial charge < -0.3 is 14.0 Å². The highest BCUT2D eigenvalue weighted by atomic mass is 16.5. The maximum absolute atomic E-state index is 12.8. The summed E-state index contributed by atoms with van der Waals surface area (Å²) in [6.45, 7) is 1.23. The van der Waals surface area contributed by atoms with Gasteiger partial charge in [0.05, 0.1) is 29.3 Å². The maximum Gasteiger partial charge on any atom is 0.255 e. The molecule has 27 heavy (non-hydrogen) atoms. The molecule has 1 aliphatic heterocycles. The molecule has 1 atom stereocenters. The van der Waals surface area contributed by atoms with Gasteiger partial charge in [-0.05, 0) is 30.3 Å². The number of amides is 1. The molecule has 5 rings (SSSR count). The highest BCUT2D eigenvalue weighted by Crippen LogP contribution is 2.21. The number of nitrogens with zero attached hydrogens (tertiary/aromatic N) is 4. The summed E-state index contributed by atoms with van der Waals surface area (Å²) >= 11 is 0. The van der Waals surface area contributed by atoms with E-state index in [1.165, 1.54) is 0 Å². The fourth-order valence-corrected chi connectivity index (χ4v) is 3.53. The monoisotopic (exact) mass is 358 g/mol. The molecule has 0 aliphatic carbocycles. The summed E-state index contributed by atoms with van der Waals surface area (Å²) in [6, 6.07) is 15.5. The summed E-state index contributed by atoms with van der Waals surface area (Å²) in [5, 5.41) is 0. The molecule has 1 fully saturated rings. The van der Waals surface area contributed by atoms with Gasteiger partial charge in [0, 0.05) is 30.9 Å². The van der Waals surface area contributed by atoms with Crippen LogP contribution in [0.4, 0.5) is 0 Å². The number of carbonyl (C=O) groups is 1. The van der Waals surface area contributed by atoms with E-state index in [-0.39, 0.29) is 12.0 Å². The van der Waals surface area contributed by atoms with Gasteiger partial charge in [-0.15, -0.1) is 0 Å². The molecule has 0 saturated carbocycles. The Balaban J connectivity index is 1.29. The number of carbonyl (C=O) groups excluding carboxylic acids is 1. The Hall–Kier alpha value is -3.41. The highest BCUT2D eigenvalue weighted by molar-refractivity contribution is 5.95. The van der Waals surface area contributed by atoms with E-state index in [2.05, 4.69) is 9.97 Å². The zero-order valence-electron chi connectivity index (χ0n) is 14.7. The van der Waals surface area contributed by atoms with E-state index in [9.17, 15) is 4.79 Å². The Morgan fingerprint density at radius 1 is 1.11 bits per heavy atom. The quantitative estimate of drug-likeness (QED) is 0.564. The van der Waals surface area contributed by atoms with Gasteiger partial charge in [0.15, 0.2) is 0 Å². The smallest absolute Gasteiger partial charge is 0.255 e. The molecule has 6 nitrogen and oxygen atoms in total. The first-order valence-electron chi connectivity index (χ1n) is 9.01. The number of ether oxygens (including phenoxy) is 1. The summed E-state index contributed by atoms with van der Waals surface area (Å²) < 4.78 is 7.95. The van der Waals surface area contributed by atoms with Crippen LogP contribution in [-0.4, -0.2) is 44.4 Å². The third-order valence-electron chi connectivity index (χ3n) is 4.90. The van der Waals surface area contributed by atoms with E-state index in [4.69, 9.17) is 4.74 Å². The van der Waals surface area contributed by atoms with Gasteiger partial charge in [0.2, 0.25) is 5.88 Å². The first-order chi connectivity index (χ1) is 13.3. The van der Waals surface area contributed by atoms with Crippen molar-refractivity contribution in [2.24, 2.45) is 0 Å². The zero-order chi connectivity index (χ0) is 18.2. The van der Waals surface area contributed by atoms with Gasteiger partial charge in [-0.25, -0.2) is 9.97 Å². The molecule has 3 aromatic heterocycles. The van der Waals surface area contributed by atoms with Crippen molar-refractivity contribution in [2.75, 3.05) is 13.1 Å². The molecule has 6 heteroatoms. The molecule has 1 unspecified atom stereocenters. The van der Waals surface area contributed by atoms with Gasteiger partial charge in [0.1, 0.15) is 6.10 Å². The predicted octanol–water partition coefficient (Wildman–Crippen LogP) is 3.18. The van der Waals surface area contributed by atoms with Gasteiger partial charge in [-0.1, -0.05) is 18.2 Å². The van der Waals surface area contributed by atoms with E-state index in [1.807, 2.05) is 70.2 Å². The number of pyridine rings is 1. The molecule has 1 saturated heterocycles. The fourth-order valence-electron chi connectivity index (χ4n) is 3.53. The van der Waals surface area contributed by atoms with E-state index >= 15 is 0 Å². The number of aromatic nitrogens is 3. The van der Waals surface area contributed by atoms with Crippen molar-refractivity contribution in [3.63, 3.8) is 0 Å². The van der Waals surface area contributed by atoms with E-state index < -0.39 is 0 Å². The lowest BCUT2D eigenvalue weighted by molar-refractivity contribution is 0.0771. The molecular formula is C21H18N4O2. The zero-order valence-corrected chi connectivity index (χ0v) is 14.7. The number of para-hydroxylation sites is 2. The lowest BCUT2D eigenvalue weighted by Crippen LogP contribution is -2.30.